The van der Waals surface area contributed by atoms with Gasteiger partial charge in [0.25, 0.3) is 0 Å². The molecule has 0 bridgehead atoms. The number of nitrogens with one attached hydrogen (secondary N) is 1. The number of allylic oxidation sites excluding steroid dienone is 13. The molecule has 236 valence electrons. The summed E-state index contributed by atoms with van der Waals surface area (Å²) in [5.41, 5.74) is 14.4. The smallest absolute Gasteiger partial charge is 0.110 e. The van der Waals surface area contributed by atoms with Crippen LogP contribution in [-0.4, -0.2) is 17.5 Å². The number of anilines is 1. The fourth-order valence-electron chi connectivity index (χ4n) is 9.31. The van der Waals surface area contributed by atoms with E-state index in [-0.39, 0.29) is 5.41 Å². The molecule has 2 heterocycles. The lowest BCUT2D eigenvalue weighted by molar-refractivity contribution is 0.463. The molecular weight excluding hydrogens is 571 g/mol. The Balaban J connectivity index is 1.05. The van der Waals surface area contributed by atoms with Gasteiger partial charge in [-0.05, 0) is 103 Å². The molecule has 3 nitrogen and oxygen atoms in total. The lowest BCUT2D eigenvalue weighted by atomic mass is 9.78. The molecule has 7 aliphatic rings. The molecule has 3 unspecified atom stereocenters. The van der Waals surface area contributed by atoms with E-state index in [4.69, 9.17) is 0 Å². The summed E-state index contributed by atoms with van der Waals surface area (Å²) in [5.74, 6) is 2.07. The normalized spacial score (nSPS) is 26.4. The summed E-state index contributed by atoms with van der Waals surface area (Å²) in [5, 5.41) is 3.69. The minimum Gasteiger partial charge on any atom is -0.368 e. The topological polar surface area (TPSA) is 18.5 Å². The Bertz CT molecular complexity index is 1920. The first-order valence-electron chi connectivity index (χ1n) is 17.9. The molecule has 0 amide bonds. The molecule has 2 aliphatic heterocycles. The van der Waals surface area contributed by atoms with Crippen LogP contribution in [-0.2, 0) is 5.41 Å². The van der Waals surface area contributed by atoms with Gasteiger partial charge in [0.15, 0.2) is 0 Å². The van der Waals surface area contributed by atoms with Crippen molar-refractivity contribution >= 4 is 11.3 Å². The number of nitrogens with zero attached hydrogens (tertiary/aromatic N) is 2. The molecule has 5 aliphatic carbocycles. The monoisotopic (exact) mass is 615 g/mol. The minimum absolute atomic E-state index is 0.0354. The van der Waals surface area contributed by atoms with Gasteiger partial charge in [-0.25, -0.2) is 0 Å². The van der Waals surface area contributed by atoms with Crippen molar-refractivity contribution in [1.29, 1.82) is 0 Å². The van der Waals surface area contributed by atoms with E-state index >= 15 is 0 Å². The van der Waals surface area contributed by atoms with Crippen LogP contribution in [0.5, 0.6) is 0 Å². The summed E-state index contributed by atoms with van der Waals surface area (Å²) in [6.07, 6.45) is 36.3. The molecule has 0 aromatic heterocycles. The lowest BCUT2D eigenvalue weighted by Crippen LogP contribution is -2.33. The molecule has 0 radical (unpaired) electrons. The molecule has 2 aromatic carbocycles. The second kappa shape index (κ2) is 11.3. The number of benzene rings is 2. The Morgan fingerprint density at radius 1 is 0.872 bits per heavy atom. The van der Waals surface area contributed by atoms with Gasteiger partial charge < -0.3 is 15.1 Å². The van der Waals surface area contributed by atoms with Crippen LogP contribution in [0.2, 0.25) is 0 Å². The van der Waals surface area contributed by atoms with Gasteiger partial charge in [0, 0.05) is 46.6 Å². The second-order valence-corrected chi connectivity index (χ2v) is 14.6. The van der Waals surface area contributed by atoms with Crippen LogP contribution in [0.1, 0.15) is 92.9 Å². The highest BCUT2D eigenvalue weighted by atomic mass is 15.3. The Morgan fingerprint density at radius 3 is 2.62 bits per heavy atom. The highest BCUT2D eigenvalue weighted by molar-refractivity contribution is 5.76. The maximum absolute atomic E-state index is 3.69. The van der Waals surface area contributed by atoms with Crippen LogP contribution < -0.4 is 10.2 Å². The molecule has 0 spiro atoms. The summed E-state index contributed by atoms with van der Waals surface area (Å²) >= 11 is 0. The Morgan fingerprint density at radius 2 is 1.79 bits per heavy atom. The van der Waals surface area contributed by atoms with Gasteiger partial charge in [0.2, 0.25) is 0 Å². The number of hydrogen-bond donors (Lipinski definition) is 1. The molecule has 47 heavy (non-hydrogen) atoms. The molecule has 0 saturated heterocycles. The van der Waals surface area contributed by atoms with Crippen LogP contribution in [0, 0.1) is 0 Å². The van der Waals surface area contributed by atoms with E-state index in [0.717, 1.165) is 25.8 Å². The second-order valence-electron chi connectivity index (χ2n) is 14.6. The average molecular weight is 616 g/mol. The fourth-order valence-corrected chi connectivity index (χ4v) is 9.31. The molecule has 9 rings (SSSR count). The average Bonchev–Trinajstić information content (AvgIpc) is 3.58. The molecule has 1 N–H and O–H groups in total. The van der Waals surface area contributed by atoms with Crippen molar-refractivity contribution in [2.24, 2.45) is 0 Å². The fraction of sp³-hybridized carbons (Fsp3) is 0.318. The van der Waals surface area contributed by atoms with E-state index in [1.165, 1.54) is 82.1 Å². The largest absolute Gasteiger partial charge is 0.368 e. The first-order chi connectivity index (χ1) is 23.1. The van der Waals surface area contributed by atoms with Gasteiger partial charge in [-0.2, -0.15) is 0 Å². The van der Waals surface area contributed by atoms with Crippen molar-refractivity contribution in [2.75, 3.05) is 11.4 Å². The summed E-state index contributed by atoms with van der Waals surface area (Å²) in [6, 6.07) is 16.8. The molecular formula is C44H45N3. The first kappa shape index (κ1) is 28.7. The molecule has 2 aromatic rings. The van der Waals surface area contributed by atoms with Crippen molar-refractivity contribution in [3.63, 3.8) is 0 Å². The van der Waals surface area contributed by atoms with Crippen molar-refractivity contribution in [3.05, 3.63) is 166 Å². The van der Waals surface area contributed by atoms with Crippen molar-refractivity contribution in [1.82, 2.24) is 10.2 Å². The molecule has 0 fully saturated rings. The van der Waals surface area contributed by atoms with Gasteiger partial charge in [-0.15, -0.1) is 0 Å². The molecule has 3 heteroatoms. The summed E-state index contributed by atoms with van der Waals surface area (Å²) in [4.78, 5) is 5.15. The van der Waals surface area contributed by atoms with Crippen molar-refractivity contribution < 1.29 is 0 Å². The van der Waals surface area contributed by atoms with Crippen molar-refractivity contribution in [3.8, 4) is 0 Å². The van der Waals surface area contributed by atoms with Gasteiger partial charge in [-0.1, -0.05) is 104 Å². The lowest BCUT2D eigenvalue weighted by Gasteiger charge is -2.36. The van der Waals surface area contributed by atoms with Crippen LogP contribution in [0.25, 0.3) is 5.57 Å². The first-order valence-corrected chi connectivity index (χ1v) is 17.9. The van der Waals surface area contributed by atoms with E-state index < -0.39 is 0 Å². The maximum Gasteiger partial charge on any atom is 0.110 e. The number of rotatable bonds is 5. The van der Waals surface area contributed by atoms with E-state index in [2.05, 4.69) is 144 Å². The van der Waals surface area contributed by atoms with Gasteiger partial charge in [0.1, 0.15) is 5.82 Å². The van der Waals surface area contributed by atoms with E-state index in [1.54, 1.807) is 5.57 Å². The Kier molecular flexibility index (Phi) is 6.92. The maximum atomic E-state index is 3.69. The van der Waals surface area contributed by atoms with Crippen LogP contribution >= 0.6 is 0 Å². The van der Waals surface area contributed by atoms with Gasteiger partial charge >= 0.3 is 0 Å². The SMILES string of the molecule is CC1(C)C2=CC(N(C3=CC=C(c4ccc5c(c4)C4C=CC=CC4N5C4=CCCCC4)CC3)C3=CC=CCN3)=CCC2c2ccccc21. The number of hydrogen-bond acceptors (Lipinski definition) is 3. The predicted octanol–water partition coefficient (Wildman–Crippen LogP) is 10.2. The molecule has 0 saturated carbocycles. The van der Waals surface area contributed by atoms with E-state index in [9.17, 15) is 0 Å². The van der Waals surface area contributed by atoms with E-state index in [1.807, 2.05) is 0 Å². The number of dihydropyridines is 1. The Labute approximate surface area is 280 Å². The van der Waals surface area contributed by atoms with Gasteiger partial charge in [-0.3, -0.25) is 0 Å². The van der Waals surface area contributed by atoms with Gasteiger partial charge in [0.05, 0.1) is 6.04 Å². The third-order valence-corrected chi connectivity index (χ3v) is 11.7. The number of fused-ring (bicyclic) bond motifs is 6. The predicted molar refractivity (Wildman–Crippen MR) is 196 cm³/mol. The highest BCUT2D eigenvalue weighted by Crippen LogP contribution is 2.54. The zero-order chi connectivity index (χ0) is 31.5. The van der Waals surface area contributed by atoms with Crippen LogP contribution in [0.4, 0.5) is 5.69 Å². The zero-order valence-electron chi connectivity index (χ0n) is 27.8. The highest BCUT2D eigenvalue weighted by Gasteiger charge is 2.43. The van der Waals surface area contributed by atoms with Crippen LogP contribution in [0.3, 0.4) is 0 Å². The standard InChI is InChI=1S/C44H45N3/c1-44(2)39-16-8-6-14-35(39)36-25-24-34(29-40(36)44)46(43-18-10-11-27-45-43)33-22-19-30(20-23-33)31-21-26-42-38(28-31)37-15-7-9-17-41(37)47(42)32-12-4-3-5-13-32/h6-12,14-19,21-22,24,26,28-29,36-37,41,45H,3-5,13,20,23,25,27H2,1-2H3. The third-order valence-electron chi connectivity index (χ3n) is 11.7. The van der Waals surface area contributed by atoms with Crippen molar-refractivity contribution in [2.45, 2.75) is 82.1 Å². The summed E-state index contributed by atoms with van der Waals surface area (Å²) in [7, 11) is 0. The quantitative estimate of drug-likeness (QED) is 0.361. The van der Waals surface area contributed by atoms with Crippen LogP contribution in [0.15, 0.2) is 144 Å². The third kappa shape index (κ3) is 4.69. The Hall–Kier alpha value is -4.50. The summed E-state index contributed by atoms with van der Waals surface area (Å²) in [6.45, 7) is 5.67. The minimum atomic E-state index is 0.0354. The zero-order valence-corrected chi connectivity index (χ0v) is 27.8. The van der Waals surface area contributed by atoms with E-state index in [0.29, 0.717) is 17.9 Å². The molecule has 3 atom stereocenters. The summed E-state index contributed by atoms with van der Waals surface area (Å²) < 4.78 is 0.